The van der Waals surface area contributed by atoms with Crippen molar-refractivity contribution in [1.29, 1.82) is 21.0 Å². The van der Waals surface area contributed by atoms with Crippen LogP contribution in [-0.4, -0.2) is 39.0 Å². The minimum Gasteiger partial charge on any atom is -0.309 e. The molecule has 0 radical (unpaired) electrons. The molecule has 12 heteroatoms. The maximum absolute atomic E-state index is 10.2. The predicted molar refractivity (Wildman–Crippen MR) is 344 cm³/mol. The molecular formula is C76H42N12. The van der Waals surface area contributed by atoms with Crippen LogP contribution >= 0.6 is 0 Å². The third kappa shape index (κ3) is 9.18. The fraction of sp³-hybridized carbons (Fsp3) is 0. The van der Waals surface area contributed by atoms with Crippen LogP contribution in [0.2, 0.25) is 0 Å². The van der Waals surface area contributed by atoms with Gasteiger partial charge in [-0.25, -0.2) is 29.9 Å². The molecule has 406 valence electrons. The van der Waals surface area contributed by atoms with Crippen LogP contribution in [0.25, 0.3) is 146 Å². The fourth-order valence-electron chi connectivity index (χ4n) is 11.8. The van der Waals surface area contributed by atoms with Crippen LogP contribution in [0.15, 0.2) is 255 Å². The molecule has 0 aliphatic heterocycles. The second-order valence-electron chi connectivity index (χ2n) is 21.2. The maximum atomic E-state index is 10.2. The minimum absolute atomic E-state index is 0.471. The minimum atomic E-state index is 0.471. The van der Waals surface area contributed by atoms with Gasteiger partial charge in [0.05, 0.1) is 80.0 Å². The number of nitrogens with zero attached hydrogens (tertiary/aromatic N) is 12. The van der Waals surface area contributed by atoms with E-state index in [1.54, 1.807) is 0 Å². The van der Waals surface area contributed by atoms with Gasteiger partial charge in [0.2, 0.25) is 0 Å². The molecule has 4 aromatic heterocycles. The zero-order valence-corrected chi connectivity index (χ0v) is 46.6. The van der Waals surface area contributed by atoms with Gasteiger partial charge in [0, 0.05) is 66.1 Å². The van der Waals surface area contributed by atoms with Crippen LogP contribution in [0.3, 0.4) is 0 Å². The van der Waals surface area contributed by atoms with Crippen LogP contribution in [0.1, 0.15) is 22.3 Å². The predicted octanol–water partition coefficient (Wildman–Crippen LogP) is 17.1. The summed E-state index contributed by atoms with van der Waals surface area (Å²) < 4.78 is 4.39. The monoisotopic (exact) mass is 1120 g/mol. The summed E-state index contributed by atoms with van der Waals surface area (Å²) in [6.07, 6.45) is 0. The Labute approximate surface area is 504 Å². The zero-order valence-electron chi connectivity index (χ0n) is 46.6. The van der Waals surface area contributed by atoms with Crippen molar-refractivity contribution >= 4 is 43.6 Å². The van der Waals surface area contributed by atoms with Crippen LogP contribution in [0.5, 0.6) is 0 Å². The largest absolute Gasteiger partial charge is 0.309 e. The van der Waals surface area contributed by atoms with Gasteiger partial charge < -0.3 is 9.13 Å². The van der Waals surface area contributed by atoms with E-state index >= 15 is 0 Å². The van der Waals surface area contributed by atoms with E-state index in [-0.39, 0.29) is 0 Å². The molecule has 0 fully saturated rings. The van der Waals surface area contributed by atoms with Gasteiger partial charge in [-0.2, -0.15) is 21.0 Å². The molecule has 0 amide bonds. The number of hydrogen-bond donors (Lipinski definition) is 0. The van der Waals surface area contributed by atoms with E-state index in [2.05, 4.69) is 81.9 Å². The number of fused-ring (bicyclic) bond motifs is 6. The van der Waals surface area contributed by atoms with Crippen molar-refractivity contribution in [1.82, 2.24) is 39.0 Å². The molecule has 0 aliphatic rings. The number of aromatic nitrogens is 8. The van der Waals surface area contributed by atoms with Gasteiger partial charge in [0.1, 0.15) is 0 Å². The Kier molecular flexibility index (Phi) is 12.7. The van der Waals surface area contributed by atoms with Gasteiger partial charge in [0.25, 0.3) is 0 Å². The van der Waals surface area contributed by atoms with Crippen molar-refractivity contribution in [2.24, 2.45) is 0 Å². The summed E-state index contributed by atoms with van der Waals surface area (Å²) in [5, 5.41) is 44.2. The molecule has 0 saturated carbocycles. The highest BCUT2D eigenvalue weighted by Gasteiger charge is 2.24. The molecule has 0 atom stereocenters. The van der Waals surface area contributed by atoms with Gasteiger partial charge in [0.15, 0.2) is 34.9 Å². The Morgan fingerprint density at radius 2 is 0.489 bits per heavy atom. The van der Waals surface area contributed by atoms with Crippen molar-refractivity contribution in [2.45, 2.75) is 0 Å². The molecule has 12 nitrogen and oxygen atoms in total. The number of hydrogen-bond acceptors (Lipinski definition) is 10. The van der Waals surface area contributed by atoms with E-state index in [9.17, 15) is 21.0 Å². The molecule has 0 spiro atoms. The maximum Gasteiger partial charge on any atom is 0.164 e. The smallest absolute Gasteiger partial charge is 0.164 e. The lowest BCUT2D eigenvalue weighted by Gasteiger charge is -2.19. The van der Waals surface area contributed by atoms with Gasteiger partial charge in [-0.15, -0.1) is 0 Å². The van der Waals surface area contributed by atoms with E-state index in [1.807, 2.05) is 206 Å². The average Bonchev–Trinajstić information content (AvgIpc) is 2.01. The van der Waals surface area contributed by atoms with Crippen LogP contribution in [0, 0.1) is 45.3 Å². The van der Waals surface area contributed by atoms with Crippen LogP contribution in [-0.2, 0) is 0 Å². The summed E-state index contributed by atoms with van der Waals surface area (Å²) in [6.45, 7) is 0. The van der Waals surface area contributed by atoms with E-state index in [0.29, 0.717) is 57.2 Å². The molecule has 11 aromatic carbocycles. The second kappa shape index (κ2) is 21.6. The van der Waals surface area contributed by atoms with Crippen molar-refractivity contribution in [3.05, 3.63) is 277 Å². The van der Waals surface area contributed by atoms with Crippen LogP contribution < -0.4 is 0 Å². The Hall–Kier alpha value is -13.0. The van der Waals surface area contributed by atoms with Crippen LogP contribution in [0.4, 0.5) is 0 Å². The van der Waals surface area contributed by atoms with Crippen molar-refractivity contribution < 1.29 is 0 Å². The average molecular weight is 1120 g/mol. The summed E-state index contributed by atoms with van der Waals surface area (Å²) in [5.41, 5.74) is 15.2. The molecule has 15 aromatic rings. The first kappa shape index (κ1) is 51.8. The van der Waals surface area contributed by atoms with E-state index in [1.165, 1.54) is 0 Å². The molecule has 0 aliphatic carbocycles. The first-order valence-corrected chi connectivity index (χ1v) is 28.3. The summed E-state index contributed by atoms with van der Waals surface area (Å²) in [5.74, 6) is 3.04. The Bertz CT molecular complexity index is 4900. The molecule has 88 heavy (non-hydrogen) atoms. The molecular weight excluding hydrogens is 1080 g/mol. The van der Waals surface area contributed by atoms with Crippen molar-refractivity contribution in [3.8, 4) is 126 Å². The molecule has 4 heterocycles. The molecule has 0 bridgehead atoms. The third-order valence-electron chi connectivity index (χ3n) is 15.9. The van der Waals surface area contributed by atoms with E-state index in [0.717, 1.165) is 111 Å². The lowest BCUT2D eigenvalue weighted by atomic mass is 9.95. The number of benzene rings is 11. The Morgan fingerprint density at radius 1 is 0.227 bits per heavy atom. The first-order valence-electron chi connectivity index (χ1n) is 28.3. The van der Waals surface area contributed by atoms with Gasteiger partial charge in [-0.05, 0) is 102 Å². The number of nitriles is 4. The molecule has 15 rings (SSSR count). The summed E-state index contributed by atoms with van der Waals surface area (Å²) >= 11 is 0. The highest BCUT2D eigenvalue weighted by molar-refractivity contribution is 6.12. The fourth-order valence-corrected chi connectivity index (χ4v) is 11.8. The molecule has 0 unspecified atom stereocenters. The van der Waals surface area contributed by atoms with Crippen molar-refractivity contribution in [2.75, 3.05) is 0 Å². The van der Waals surface area contributed by atoms with E-state index < -0.39 is 0 Å². The highest BCUT2D eigenvalue weighted by Crippen LogP contribution is 2.43. The topological polar surface area (TPSA) is 182 Å². The summed E-state index contributed by atoms with van der Waals surface area (Å²) in [6, 6.07) is 92.5. The molecule has 0 N–H and O–H groups in total. The summed E-state index contributed by atoms with van der Waals surface area (Å²) in [4.78, 5) is 30.7. The SMILES string of the molecule is N#Cc1ccc2c(c1)c1cc(C#N)ccc1n2-c1cc(-c2nc(-c3ccccc3)nc(-c3ccccc3)n2)ccc1-c1cccc(-c2ccc(-c3nc(-c4ccccc4)nc(-c4ccccc4)n3)cc2-n2c3ccc(C#N)cc3c3cc(C#N)ccc32)c1. The lowest BCUT2D eigenvalue weighted by Crippen LogP contribution is -2.03. The molecule has 0 saturated heterocycles. The standard InChI is InChI=1S/C76H42N12/c77-43-47-24-32-65-61(36-47)62-37-48(44-78)25-33-66(62)87(65)69-41-57(75-83-71(51-14-5-1-6-15-51)81-72(84-75)52-16-7-2-8-17-52)28-30-59(69)55-22-13-23-56(40-55)60-31-29-58(76-85-73(53-18-9-3-10-19-53)82-74(86-76)54-20-11-4-12-21-54)42-70(60)88-67-34-26-49(45-79)38-63(67)64-39-50(46-80)27-35-68(64)88/h1-42H. The summed E-state index contributed by atoms with van der Waals surface area (Å²) in [7, 11) is 0. The Balaban J connectivity index is 0.980. The van der Waals surface area contributed by atoms with Gasteiger partial charge in [-0.1, -0.05) is 164 Å². The zero-order chi connectivity index (χ0) is 59.2. The lowest BCUT2D eigenvalue weighted by molar-refractivity contribution is 1.07. The van der Waals surface area contributed by atoms with E-state index in [4.69, 9.17) is 29.9 Å². The van der Waals surface area contributed by atoms with Gasteiger partial charge in [-0.3, -0.25) is 0 Å². The van der Waals surface area contributed by atoms with Gasteiger partial charge >= 0.3 is 0 Å². The second-order valence-corrected chi connectivity index (χ2v) is 21.2. The third-order valence-corrected chi connectivity index (χ3v) is 15.9. The quantitative estimate of drug-likeness (QED) is 0.128. The highest BCUT2D eigenvalue weighted by atomic mass is 15.1. The normalized spacial score (nSPS) is 11.1. The number of rotatable bonds is 10. The van der Waals surface area contributed by atoms with Crippen molar-refractivity contribution in [3.63, 3.8) is 0 Å². The Morgan fingerprint density at radius 3 is 0.761 bits per heavy atom. The first-order chi connectivity index (χ1) is 43.4.